The van der Waals surface area contributed by atoms with Crippen LogP contribution in [0.4, 0.5) is 19.0 Å². The number of aliphatic hydroxyl groups is 1. The van der Waals surface area contributed by atoms with Gasteiger partial charge in [-0.3, -0.25) is 9.78 Å². The number of sulfone groups is 1. The number of halogens is 3. The van der Waals surface area contributed by atoms with Crippen molar-refractivity contribution in [1.29, 1.82) is 0 Å². The molecule has 6 rings (SSSR count). The van der Waals surface area contributed by atoms with Crippen LogP contribution in [0.1, 0.15) is 81.1 Å². The summed E-state index contributed by atoms with van der Waals surface area (Å²) in [5.74, 6) is -5.38. The summed E-state index contributed by atoms with van der Waals surface area (Å²) in [6.45, 7) is -1.57. The molecule has 2 saturated carbocycles. The van der Waals surface area contributed by atoms with Crippen molar-refractivity contribution in [3.8, 4) is 0 Å². The molecule has 0 aromatic carbocycles. The van der Waals surface area contributed by atoms with E-state index in [9.17, 15) is 22.0 Å². The summed E-state index contributed by atoms with van der Waals surface area (Å²) in [7, 11) is -1.67. The average Bonchev–Trinajstić information content (AvgIpc) is 3.69. The van der Waals surface area contributed by atoms with Gasteiger partial charge < -0.3 is 15.2 Å². The summed E-state index contributed by atoms with van der Waals surface area (Å²) in [5, 5.41) is 17.9. The molecule has 43 heavy (non-hydrogen) atoms. The number of rotatable bonds is 9. The Balaban J connectivity index is 1.48. The number of alkyl halides is 2. The fraction of sp³-hybridized carbons (Fsp3) is 0.633. The van der Waals surface area contributed by atoms with Crippen LogP contribution in [0.15, 0.2) is 34.4 Å². The molecular weight excluding hydrogens is 585 g/mol. The van der Waals surface area contributed by atoms with Crippen LogP contribution < -0.4 is 10.9 Å². The lowest BCUT2D eigenvalue weighted by molar-refractivity contribution is -0.0268. The van der Waals surface area contributed by atoms with E-state index in [0.717, 1.165) is 44.6 Å². The first-order valence-electron chi connectivity index (χ1n) is 15.0. The molecule has 0 bridgehead atoms. The standard InChI is InChI=1S/C30H37F3N4O5S/c1-42-29(11-13-43(40,41)14-12-29)23-15-21-24(26(35-23)18-5-2-3-6-18)28(39)37(20-9-10-20)36-27(21)34-16-19-7-4-8-22(25(19)31)30(32,33)17-38/h4,8,15,18-20,38H,2-3,5-7,9-14,16-17H2,1H3,(H,34,36). The number of hydrogen-bond donors (Lipinski definition) is 2. The lowest BCUT2D eigenvalue weighted by atomic mass is 9.89. The van der Waals surface area contributed by atoms with Gasteiger partial charge in [-0.05, 0) is 51.0 Å². The molecule has 9 nitrogen and oxygen atoms in total. The van der Waals surface area contributed by atoms with E-state index in [0.29, 0.717) is 28.0 Å². The second-order valence-electron chi connectivity index (χ2n) is 12.3. The van der Waals surface area contributed by atoms with E-state index in [1.807, 2.05) is 0 Å². The zero-order valence-corrected chi connectivity index (χ0v) is 24.9. The molecule has 13 heteroatoms. The fourth-order valence-corrected chi connectivity index (χ4v) is 8.17. The number of allylic oxidation sites excluding steroid dienone is 2. The Morgan fingerprint density at radius 1 is 1.19 bits per heavy atom. The van der Waals surface area contributed by atoms with E-state index in [1.165, 1.54) is 17.9 Å². The van der Waals surface area contributed by atoms with Crippen LogP contribution in [0.2, 0.25) is 0 Å². The second-order valence-corrected chi connectivity index (χ2v) is 14.6. The highest BCUT2D eigenvalue weighted by atomic mass is 32.2. The van der Waals surface area contributed by atoms with Gasteiger partial charge in [-0.1, -0.05) is 25.0 Å². The number of pyridine rings is 1. The summed E-state index contributed by atoms with van der Waals surface area (Å²) in [6, 6.07) is 1.67. The number of aliphatic hydroxyl groups excluding tert-OH is 1. The lowest BCUT2D eigenvalue weighted by Gasteiger charge is -2.36. The molecule has 2 aromatic heterocycles. The zero-order chi connectivity index (χ0) is 30.6. The molecule has 3 fully saturated rings. The lowest BCUT2D eigenvalue weighted by Crippen LogP contribution is -2.39. The van der Waals surface area contributed by atoms with E-state index >= 15 is 4.39 Å². The van der Waals surface area contributed by atoms with Crippen molar-refractivity contribution in [3.63, 3.8) is 0 Å². The van der Waals surface area contributed by atoms with Gasteiger partial charge in [0.1, 0.15) is 18.0 Å². The van der Waals surface area contributed by atoms with Gasteiger partial charge in [0.05, 0.1) is 39.9 Å². The predicted molar refractivity (Wildman–Crippen MR) is 156 cm³/mol. The Labute approximate surface area is 248 Å². The van der Waals surface area contributed by atoms with Crippen LogP contribution in [-0.2, 0) is 20.2 Å². The monoisotopic (exact) mass is 622 g/mol. The molecule has 2 aromatic rings. The van der Waals surface area contributed by atoms with Gasteiger partial charge in [0.25, 0.3) is 11.5 Å². The molecule has 234 valence electrons. The normalized spacial score (nSPS) is 24.2. The highest BCUT2D eigenvalue weighted by Gasteiger charge is 2.42. The van der Waals surface area contributed by atoms with Crippen LogP contribution in [0.25, 0.3) is 10.8 Å². The minimum absolute atomic E-state index is 0.0337. The van der Waals surface area contributed by atoms with Gasteiger partial charge in [0, 0.05) is 30.9 Å². The molecule has 3 heterocycles. The topological polar surface area (TPSA) is 123 Å². The molecule has 1 unspecified atom stereocenters. The van der Waals surface area contributed by atoms with Crippen molar-refractivity contribution in [2.75, 3.05) is 37.1 Å². The first-order chi connectivity index (χ1) is 20.5. The van der Waals surface area contributed by atoms with Crippen LogP contribution in [0, 0.1) is 5.92 Å². The van der Waals surface area contributed by atoms with Crippen molar-refractivity contribution >= 4 is 26.4 Å². The fourth-order valence-electron chi connectivity index (χ4n) is 6.68. The highest BCUT2D eigenvalue weighted by molar-refractivity contribution is 7.91. The van der Waals surface area contributed by atoms with E-state index in [1.54, 1.807) is 6.07 Å². The van der Waals surface area contributed by atoms with Crippen molar-refractivity contribution in [2.24, 2.45) is 5.92 Å². The van der Waals surface area contributed by atoms with Gasteiger partial charge in [-0.25, -0.2) is 17.5 Å². The molecule has 3 aliphatic carbocycles. The SMILES string of the molecule is COC1(c2cc3c(NCC4CC=CC(C(F)(F)CO)=C4F)nn(C4CC4)c(=O)c3c(C3CCCC3)n2)CCS(=O)(=O)CC1. The number of methoxy groups -OCH3 is 1. The van der Waals surface area contributed by atoms with Gasteiger partial charge >= 0.3 is 0 Å². The average molecular weight is 623 g/mol. The summed E-state index contributed by atoms with van der Waals surface area (Å²) in [6.07, 6.45) is 8.41. The number of nitrogens with one attached hydrogen (secondary N) is 1. The molecule has 0 radical (unpaired) electrons. The van der Waals surface area contributed by atoms with Gasteiger partial charge in [-0.15, -0.1) is 0 Å². The zero-order valence-electron chi connectivity index (χ0n) is 24.1. The third-order valence-corrected chi connectivity index (χ3v) is 11.1. The Hall–Kier alpha value is -2.77. The summed E-state index contributed by atoms with van der Waals surface area (Å²) >= 11 is 0. The third-order valence-electron chi connectivity index (χ3n) is 9.49. The maximum Gasteiger partial charge on any atom is 0.298 e. The molecule has 1 aliphatic heterocycles. The molecule has 1 atom stereocenters. The number of aromatic nitrogens is 3. The first-order valence-corrected chi connectivity index (χ1v) is 16.8. The number of ether oxygens (including phenoxy) is 1. The summed E-state index contributed by atoms with van der Waals surface area (Å²) < 4.78 is 75.8. The summed E-state index contributed by atoms with van der Waals surface area (Å²) in [5.41, 5.74) is -0.875. The van der Waals surface area contributed by atoms with Crippen molar-refractivity contribution in [2.45, 2.75) is 81.3 Å². The quantitative estimate of drug-likeness (QED) is 0.414. The van der Waals surface area contributed by atoms with Gasteiger partial charge in [-0.2, -0.15) is 13.9 Å². The Bertz CT molecular complexity index is 1630. The number of anilines is 1. The van der Waals surface area contributed by atoms with Gasteiger partial charge in [0.15, 0.2) is 15.7 Å². The molecular formula is C30H37F3N4O5S. The Kier molecular flexibility index (Phi) is 7.95. The van der Waals surface area contributed by atoms with Crippen molar-refractivity contribution in [3.05, 3.63) is 51.4 Å². The predicted octanol–water partition coefficient (Wildman–Crippen LogP) is 4.67. The van der Waals surface area contributed by atoms with Crippen LogP contribution >= 0.6 is 0 Å². The first kappa shape index (κ1) is 30.3. The van der Waals surface area contributed by atoms with E-state index in [2.05, 4.69) is 10.4 Å². The molecule has 0 amide bonds. The maximum absolute atomic E-state index is 15.3. The van der Waals surface area contributed by atoms with Crippen molar-refractivity contribution < 1.29 is 31.4 Å². The van der Waals surface area contributed by atoms with E-state index in [-0.39, 0.29) is 54.8 Å². The third kappa shape index (κ3) is 5.64. The van der Waals surface area contributed by atoms with Crippen LogP contribution in [0.3, 0.4) is 0 Å². The highest BCUT2D eigenvalue weighted by Crippen LogP contribution is 2.43. The number of fused-ring (bicyclic) bond motifs is 1. The van der Waals surface area contributed by atoms with E-state index < -0.39 is 45.3 Å². The maximum atomic E-state index is 15.3. The molecule has 1 saturated heterocycles. The smallest absolute Gasteiger partial charge is 0.298 e. The van der Waals surface area contributed by atoms with Crippen molar-refractivity contribution in [1.82, 2.24) is 14.8 Å². The molecule has 2 N–H and O–H groups in total. The van der Waals surface area contributed by atoms with Gasteiger partial charge in [0.2, 0.25) is 0 Å². The number of nitrogens with zero attached hydrogens (tertiary/aromatic N) is 3. The van der Waals surface area contributed by atoms with Crippen LogP contribution in [0.5, 0.6) is 0 Å². The summed E-state index contributed by atoms with van der Waals surface area (Å²) in [4.78, 5) is 19.0. The minimum Gasteiger partial charge on any atom is -0.390 e. The van der Waals surface area contributed by atoms with E-state index in [4.69, 9.17) is 14.8 Å². The number of hydrogen-bond acceptors (Lipinski definition) is 8. The minimum atomic E-state index is -3.71. The molecule has 0 spiro atoms. The van der Waals surface area contributed by atoms with Crippen LogP contribution in [-0.4, -0.2) is 66.0 Å². The molecule has 4 aliphatic rings. The second kappa shape index (κ2) is 11.3. The largest absolute Gasteiger partial charge is 0.390 e. The Morgan fingerprint density at radius 2 is 1.88 bits per heavy atom. The Morgan fingerprint density at radius 3 is 2.51 bits per heavy atom.